The molecular weight excluding hydrogens is 636 g/mol. The van der Waals surface area contributed by atoms with Gasteiger partial charge in [0, 0.05) is 20.1 Å². The summed E-state index contributed by atoms with van der Waals surface area (Å²) in [6.07, 6.45) is 0.599. The number of amides is 6. The molecule has 1 heterocycles. The summed E-state index contributed by atoms with van der Waals surface area (Å²) in [5.41, 5.74) is 0.735. The third kappa shape index (κ3) is 15.8. The number of rotatable bonds is 15. The summed E-state index contributed by atoms with van der Waals surface area (Å²) in [5.74, 6) is -3.78. The summed E-state index contributed by atoms with van der Waals surface area (Å²) in [7, 11) is 1.55. The number of benzene rings is 1. The van der Waals surface area contributed by atoms with Crippen molar-refractivity contribution in [2.24, 2.45) is 11.8 Å². The zero-order chi connectivity index (χ0) is 36.3. The van der Waals surface area contributed by atoms with Gasteiger partial charge in [-0.3, -0.25) is 28.8 Å². The SMILES string of the molecule is COCCOCCOCC(=O)N[C@H]1CNC(=O)[C@H](CC(C)C)NC(=O)[C@H](C)NC(=O)[C@H](CC(C)C)NC(=O)[C@H](Cc2ccccc2)NC1=O. The summed E-state index contributed by atoms with van der Waals surface area (Å²) < 4.78 is 15.6. The Bertz CT molecular complexity index is 1230. The maximum Gasteiger partial charge on any atom is 0.246 e. The zero-order valence-electron chi connectivity index (χ0n) is 29.5. The Balaban J connectivity index is 2.40. The predicted octanol–water partition coefficient (Wildman–Crippen LogP) is -0.425. The normalized spacial score (nSPS) is 22.9. The Kier molecular flexibility index (Phi) is 18.3. The van der Waals surface area contributed by atoms with E-state index in [2.05, 4.69) is 31.9 Å². The van der Waals surface area contributed by atoms with Crippen LogP contribution in [0, 0.1) is 11.8 Å². The van der Waals surface area contributed by atoms with E-state index in [1.807, 2.05) is 33.8 Å². The van der Waals surface area contributed by atoms with Crippen LogP contribution in [0.5, 0.6) is 0 Å². The zero-order valence-corrected chi connectivity index (χ0v) is 29.5. The molecule has 0 bridgehead atoms. The topological polar surface area (TPSA) is 202 Å². The van der Waals surface area contributed by atoms with Crippen LogP contribution < -0.4 is 31.9 Å². The first kappa shape index (κ1) is 41.1. The van der Waals surface area contributed by atoms with Crippen LogP contribution in [-0.2, 0) is 49.4 Å². The second kappa shape index (κ2) is 21.8. The average molecular weight is 691 g/mol. The summed E-state index contributed by atoms with van der Waals surface area (Å²) in [5, 5.41) is 16.1. The lowest BCUT2D eigenvalue weighted by atomic mass is 10.00. The van der Waals surface area contributed by atoms with Crippen LogP contribution in [-0.4, -0.2) is 112 Å². The maximum atomic E-state index is 13.8. The Hall–Kier alpha value is -4.08. The molecule has 6 amide bonds. The van der Waals surface area contributed by atoms with Crippen LogP contribution in [0.15, 0.2) is 30.3 Å². The van der Waals surface area contributed by atoms with Crippen LogP contribution in [0.1, 0.15) is 53.0 Å². The molecule has 1 aromatic rings. The second-order valence-electron chi connectivity index (χ2n) is 12.9. The van der Waals surface area contributed by atoms with Crippen molar-refractivity contribution in [3.63, 3.8) is 0 Å². The molecule has 0 spiro atoms. The largest absolute Gasteiger partial charge is 0.382 e. The Morgan fingerprint density at radius 2 is 1.29 bits per heavy atom. The van der Waals surface area contributed by atoms with Gasteiger partial charge in [-0.25, -0.2) is 0 Å². The number of methoxy groups -OCH3 is 1. The predicted molar refractivity (Wildman–Crippen MR) is 181 cm³/mol. The lowest BCUT2D eigenvalue weighted by molar-refractivity contribution is -0.136. The van der Waals surface area contributed by atoms with Gasteiger partial charge < -0.3 is 46.1 Å². The number of hydrogen-bond donors (Lipinski definition) is 6. The van der Waals surface area contributed by atoms with E-state index in [0.717, 1.165) is 5.56 Å². The highest BCUT2D eigenvalue weighted by Gasteiger charge is 2.33. The molecule has 1 saturated heterocycles. The smallest absolute Gasteiger partial charge is 0.246 e. The Morgan fingerprint density at radius 3 is 1.92 bits per heavy atom. The molecule has 0 saturated carbocycles. The minimum absolute atomic E-state index is 0.00495. The fourth-order valence-electron chi connectivity index (χ4n) is 4.98. The van der Waals surface area contributed by atoms with E-state index in [9.17, 15) is 28.8 Å². The first-order chi connectivity index (χ1) is 23.3. The number of carbonyl (C=O) groups is 6. The highest BCUT2D eigenvalue weighted by molar-refractivity contribution is 5.97. The fraction of sp³-hybridized carbons (Fsp3) is 0.647. The quantitative estimate of drug-likeness (QED) is 0.132. The third-order valence-corrected chi connectivity index (χ3v) is 7.52. The van der Waals surface area contributed by atoms with Gasteiger partial charge in [-0.1, -0.05) is 58.0 Å². The van der Waals surface area contributed by atoms with Crippen molar-refractivity contribution in [1.82, 2.24) is 31.9 Å². The van der Waals surface area contributed by atoms with E-state index in [1.54, 1.807) is 31.4 Å². The van der Waals surface area contributed by atoms with Gasteiger partial charge in [0.1, 0.15) is 36.8 Å². The minimum Gasteiger partial charge on any atom is -0.382 e. The molecule has 1 fully saturated rings. The molecule has 1 aromatic carbocycles. The Labute approximate surface area is 288 Å². The standard InChI is InChI=1S/C34H54N6O9/c1-21(2)16-25-31(43)35-19-28(37-29(41)20-49-15-14-48-13-12-47-6)34(46)40-27(18-24-10-8-7-9-11-24)33(45)39-26(17-22(3)4)32(44)36-23(5)30(42)38-25/h7-11,21-23,25-28H,12-20H2,1-6H3,(H,35,43)(H,36,44)(H,37,41)(H,38,42)(H,39,45)(H,40,46)/t23-,25-,26-,27-,28-/m0/s1. The average Bonchev–Trinajstić information content (AvgIpc) is 3.04. The highest BCUT2D eigenvalue weighted by Crippen LogP contribution is 2.10. The van der Waals surface area contributed by atoms with Gasteiger partial charge in [-0.15, -0.1) is 0 Å². The molecule has 49 heavy (non-hydrogen) atoms. The van der Waals surface area contributed by atoms with Gasteiger partial charge in [0.2, 0.25) is 35.4 Å². The summed E-state index contributed by atoms with van der Waals surface area (Å²) >= 11 is 0. The van der Waals surface area contributed by atoms with E-state index >= 15 is 0 Å². The summed E-state index contributed by atoms with van der Waals surface area (Å²) in [6.45, 7) is 9.42. The molecule has 0 aliphatic carbocycles. The van der Waals surface area contributed by atoms with Crippen molar-refractivity contribution in [2.75, 3.05) is 46.7 Å². The molecule has 5 atom stereocenters. The van der Waals surface area contributed by atoms with E-state index in [0.29, 0.717) is 13.2 Å². The maximum absolute atomic E-state index is 13.8. The lowest BCUT2D eigenvalue weighted by Crippen LogP contribution is -2.62. The molecular formula is C34H54N6O9. The van der Waals surface area contributed by atoms with Crippen molar-refractivity contribution < 1.29 is 43.0 Å². The lowest BCUT2D eigenvalue weighted by Gasteiger charge is -2.28. The summed E-state index contributed by atoms with van der Waals surface area (Å²) in [4.78, 5) is 80.3. The van der Waals surface area contributed by atoms with Crippen molar-refractivity contribution in [3.8, 4) is 0 Å². The van der Waals surface area contributed by atoms with Gasteiger partial charge in [0.05, 0.1) is 26.4 Å². The van der Waals surface area contributed by atoms with Gasteiger partial charge in [0.25, 0.3) is 0 Å². The molecule has 1 aliphatic rings. The van der Waals surface area contributed by atoms with Crippen LogP contribution in [0.4, 0.5) is 0 Å². The fourth-order valence-corrected chi connectivity index (χ4v) is 4.98. The molecule has 274 valence electrons. The second-order valence-corrected chi connectivity index (χ2v) is 12.9. The van der Waals surface area contributed by atoms with Gasteiger partial charge >= 0.3 is 0 Å². The molecule has 2 rings (SSSR count). The molecule has 15 heteroatoms. The summed E-state index contributed by atoms with van der Waals surface area (Å²) in [6, 6.07) is 3.48. The Morgan fingerprint density at radius 1 is 0.735 bits per heavy atom. The van der Waals surface area contributed by atoms with Gasteiger partial charge in [-0.2, -0.15) is 0 Å². The van der Waals surface area contributed by atoms with Crippen molar-refractivity contribution in [2.45, 2.75) is 84.1 Å². The number of nitrogens with one attached hydrogen (secondary N) is 6. The van der Waals surface area contributed by atoms with Crippen molar-refractivity contribution in [1.29, 1.82) is 0 Å². The van der Waals surface area contributed by atoms with Crippen LogP contribution >= 0.6 is 0 Å². The van der Waals surface area contributed by atoms with Crippen LogP contribution in [0.3, 0.4) is 0 Å². The first-order valence-electron chi connectivity index (χ1n) is 16.8. The first-order valence-corrected chi connectivity index (χ1v) is 16.8. The molecule has 0 radical (unpaired) electrons. The van der Waals surface area contributed by atoms with Crippen molar-refractivity contribution >= 4 is 35.4 Å². The minimum atomic E-state index is -1.32. The highest BCUT2D eigenvalue weighted by atomic mass is 16.5. The van der Waals surface area contributed by atoms with E-state index in [-0.39, 0.29) is 50.9 Å². The molecule has 6 N–H and O–H groups in total. The number of ether oxygens (including phenoxy) is 3. The van der Waals surface area contributed by atoms with Gasteiger partial charge in [-0.05, 0) is 37.2 Å². The number of hydrogen-bond acceptors (Lipinski definition) is 9. The van der Waals surface area contributed by atoms with Crippen LogP contribution in [0.2, 0.25) is 0 Å². The number of carbonyl (C=O) groups excluding carboxylic acids is 6. The van der Waals surface area contributed by atoms with E-state index in [4.69, 9.17) is 14.2 Å². The molecule has 0 aromatic heterocycles. The molecule has 15 nitrogen and oxygen atoms in total. The third-order valence-electron chi connectivity index (χ3n) is 7.52. The van der Waals surface area contributed by atoms with E-state index in [1.165, 1.54) is 6.92 Å². The monoisotopic (exact) mass is 690 g/mol. The van der Waals surface area contributed by atoms with Crippen LogP contribution in [0.25, 0.3) is 0 Å². The van der Waals surface area contributed by atoms with Crippen molar-refractivity contribution in [3.05, 3.63) is 35.9 Å². The van der Waals surface area contributed by atoms with Gasteiger partial charge in [0.15, 0.2) is 0 Å². The molecule has 1 aliphatic heterocycles. The van der Waals surface area contributed by atoms with E-state index < -0.39 is 72.3 Å². The molecule has 0 unspecified atom stereocenters.